The second-order valence-electron chi connectivity index (χ2n) is 9.73. The van der Waals surface area contributed by atoms with E-state index in [0.717, 1.165) is 11.3 Å². The highest BCUT2D eigenvalue weighted by molar-refractivity contribution is 6.04. The second-order valence-corrected chi connectivity index (χ2v) is 9.73. The molecule has 0 spiro atoms. The predicted octanol–water partition coefficient (Wildman–Crippen LogP) is 4.79. The number of ketones is 1. The smallest absolute Gasteiger partial charge is 0.336 e. The zero-order valence-corrected chi connectivity index (χ0v) is 20.1. The average Bonchev–Trinajstić information content (AvgIpc) is 2.77. The number of benzene rings is 2. The van der Waals surface area contributed by atoms with Gasteiger partial charge in [-0.2, -0.15) is 0 Å². The van der Waals surface area contributed by atoms with E-state index in [2.05, 4.69) is 19.2 Å². The molecule has 1 heterocycles. The van der Waals surface area contributed by atoms with Crippen LogP contribution < -0.4 is 10.1 Å². The molecule has 2 N–H and O–H groups in total. The van der Waals surface area contributed by atoms with Gasteiger partial charge in [0.1, 0.15) is 0 Å². The molecule has 34 heavy (non-hydrogen) atoms. The van der Waals surface area contributed by atoms with Crippen LogP contribution in [-0.4, -0.2) is 30.6 Å². The summed E-state index contributed by atoms with van der Waals surface area (Å²) in [5, 5.41) is 13.8. The lowest BCUT2D eigenvalue weighted by Gasteiger charge is -2.39. The van der Waals surface area contributed by atoms with Crippen molar-refractivity contribution >= 4 is 11.8 Å². The number of phenolic OH excluding ortho intramolecular Hbond substituents is 1. The van der Waals surface area contributed by atoms with Crippen LogP contribution in [0.25, 0.3) is 0 Å². The number of ether oxygens (including phenoxy) is 2. The molecule has 0 fully saturated rings. The molecule has 0 bridgehead atoms. The summed E-state index contributed by atoms with van der Waals surface area (Å²) in [7, 11) is 1.48. The Bertz CT molecular complexity index is 1180. The summed E-state index contributed by atoms with van der Waals surface area (Å²) in [6, 6.07) is 14.8. The Morgan fingerprint density at radius 1 is 1.15 bits per heavy atom. The molecule has 0 aromatic heterocycles. The number of hydrogen-bond acceptors (Lipinski definition) is 6. The van der Waals surface area contributed by atoms with Gasteiger partial charge in [0, 0.05) is 35.7 Å². The van der Waals surface area contributed by atoms with E-state index in [1.807, 2.05) is 37.3 Å². The van der Waals surface area contributed by atoms with Crippen LogP contribution in [0, 0.1) is 5.41 Å². The number of carbonyl (C=O) groups excluding carboxylic acids is 2. The summed E-state index contributed by atoms with van der Waals surface area (Å²) >= 11 is 0. The van der Waals surface area contributed by atoms with E-state index in [-0.39, 0.29) is 23.6 Å². The van der Waals surface area contributed by atoms with E-state index in [1.54, 1.807) is 18.2 Å². The minimum atomic E-state index is -0.624. The first-order valence-corrected chi connectivity index (χ1v) is 11.5. The first kappa shape index (κ1) is 23.6. The standard InChI is InChI=1S/C28H31NO5/c1-17-24(27(32)34-13-12-18-8-6-5-7-9-18)25(19-10-11-23(33-4)21(30)14-19)26-20(29-17)15-28(2,3)16-22(26)31/h5-11,14,25,29-30H,12-13,15-16H2,1-4H3. The highest BCUT2D eigenvalue weighted by Gasteiger charge is 2.43. The number of hydrogen-bond donors (Lipinski definition) is 2. The van der Waals surface area contributed by atoms with Crippen molar-refractivity contribution in [1.82, 2.24) is 5.32 Å². The number of phenols is 1. The van der Waals surface area contributed by atoms with Gasteiger partial charge in [-0.25, -0.2) is 4.79 Å². The van der Waals surface area contributed by atoms with Crippen LogP contribution in [0.4, 0.5) is 0 Å². The third-order valence-corrected chi connectivity index (χ3v) is 6.46. The van der Waals surface area contributed by atoms with Crippen molar-refractivity contribution in [1.29, 1.82) is 0 Å². The summed E-state index contributed by atoms with van der Waals surface area (Å²) in [6.07, 6.45) is 1.68. The maximum Gasteiger partial charge on any atom is 0.336 e. The number of dihydropyridines is 1. The van der Waals surface area contributed by atoms with E-state index in [1.165, 1.54) is 7.11 Å². The number of nitrogens with one attached hydrogen (secondary N) is 1. The Balaban J connectivity index is 1.69. The van der Waals surface area contributed by atoms with E-state index >= 15 is 0 Å². The van der Waals surface area contributed by atoms with E-state index in [9.17, 15) is 14.7 Å². The third kappa shape index (κ3) is 4.72. The molecule has 2 aliphatic rings. The van der Waals surface area contributed by atoms with Crippen molar-refractivity contribution in [2.75, 3.05) is 13.7 Å². The summed E-state index contributed by atoms with van der Waals surface area (Å²) in [4.78, 5) is 26.7. The highest BCUT2D eigenvalue weighted by Crippen LogP contribution is 2.47. The Hall–Kier alpha value is -3.54. The van der Waals surface area contributed by atoms with Crippen molar-refractivity contribution in [3.63, 3.8) is 0 Å². The van der Waals surface area contributed by atoms with Crippen LogP contribution in [-0.2, 0) is 20.7 Å². The fourth-order valence-electron chi connectivity index (χ4n) is 4.91. The van der Waals surface area contributed by atoms with Gasteiger partial charge in [-0.05, 0) is 42.0 Å². The van der Waals surface area contributed by atoms with Crippen LogP contribution in [0.1, 0.15) is 50.7 Å². The topological polar surface area (TPSA) is 84.9 Å². The molecule has 1 unspecified atom stereocenters. The quantitative estimate of drug-likeness (QED) is 0.602. The second kappa shape index (κ2) is 9.37. The number of allylic oxidation sites excluding steroid dienone is 3. The van der Waals surface area contributed by atoms with Gasteiger partial charge in [-0.15, -0.1) is 0 Å². The summed E-state index contributed by atoms with van der Waals surface area (Å²) < 4.78 is 10.9. The van der Waals surface area contributed by atoms with Gasteiger partial charge in [-0.1, -0.05) is 50.2 Å². The minimum absolute atomic E-state index is 0.00106. The molecular formula is C28H31NO5. The summed E-state index contributed by atoms with van der Waals surface area (Å²) in [6.45, 7) is 6.20. The average molecular weight is 462 g/mol. The van der Waals surface area contributed by atoms with Crippen LogP contribution in [0.15, 0.2) is 71.1 Å². The van der Waals surface area contributed by atoms with Crippen LogP contribution in [0.3, 0.4) is 0 Å². The SMILES string of the molecule is COc1ccc(C2C(C(=O)OCCc3ccccc3)=C(C)NC3=C2C(=O)CC(C)(C)C3)cc1O. The number of aromatic hydroxyl groups is 1. The van der Waals surface area contributed by atoms with Crippen molar-refractivity contribution in [3.05, 3.63) is 82.2 Å². The maximum atomic E-state index is 13.4. The molecule has 2 aromatic rings. The van der Waals surface area contributed by atoms with Crippen molar-refractivity contribution < 1.29 is 24.2 Å². The zero-order chi connectivity index (χ0) is 24.5. The molecule has 0 saturated heterocycles. The lowest BCUT2D eigenvalue weighted by atomic mass is 9.68. The normalized spacial score (nSPS) is 19.4. The molecule has 1 aliphatic heterocycles. The first-order valence-electron chi connectivity index (χ1n) is 11.5. The van der Waals surface area contributed by atoms with Gasteiger partial charge < -0.3 is 19.9 Å². The molecule has 0 amide bonds. The third-order valence-electron chi connectivity index (χ3n) is 6.46. The van der Waals surface area contributed by atoms with Crippen LogP contribution in [0.5, 0.6) is 11.5 Å². The Morgan fingerprint density at radius 3 is 2.56 bits per heavy atom. The van der Waals surface area contributed by atoms with E-state index in [4.69, 9.17) is 9.47 Å². The molecule has 0 saturated carbocycles. The molecule has 6 nitrogen and oxygen atoms in total. The molecule has 6 heteroatoms. The lowest BCUT2D eigenvalue weighted by molar-refractivity contribution is -0.139. The minimum Gasteiger partial charge on any atom is -0.504 e. The van der Waals surface area contributed by atoms with Gasteiger partial charge in [0.25, 0.3) is 0 Å². The fourth-order valence-corrected chi connectivity index (χ4v) is 4.91. The summed E-state index contributed by atoms with van der Waals surface area (Å²) in [5.74, 6) is -0.804. The monoisotopic (exact) mass is 461 g/mol. The van der Waals surface area contributed by atoms with Gasteiger partial charge >= 0.3 is 5.97 Å². The first-order chi connectivity index (χ1) is 16.2. The van der Waals surface area contributed by atoms with Crippen molar-refractivity contribution in [2.45, 2.75) is 46.0 Å². The Labute approximate surface area is 200 Å². The maximum absolute atomic E-state index is 13.4. The number of Topliss-reactive ketones (excluding diaryl/α,β-unsaturated/α-hetero) is 1. The Morgan fingerprint density at radius 2 is 1.88 bits per heavy atom. The Kier molecular flexibility index (Phi) is 6.51. The molecule has 4 rings (SSSR count). The predicted molar refractivity (Wildman–Crippen MR) is 129 cm³/mol. The van der Waals surface area contributed by atoms with Crippen molar-refractivity contribution in [2.24, 2.45) is 5.41 Å². The number of esters is 1. The van der Waals surface area contributed by atoms with Gasteiger partial charge in [-0.3, -0.25) is 4.79 Å². The van der Waals surface area contributed by atoms with Crippen LogP contribution in [0.2, 0.25) is 0 Å². The van der Waals surface area contributed by atoms with Crippen LogP contribution >= 0.6 is 0 Å². The summed E-state index contributed by atoms with van der Waals surface area (Å²) in [5.41, 5.74) is 4.01. The van der Waals surface area contributed by atoms with Gasteiger partial charge in [0.05, 0.1) is 19.3 Å². The highest BCUT2D eigenvalue weighted by atomic mass is 16.5. The molecule has 1 aliphatic carbocycles. The lowest BCUT2D eigenvalue weighted by Crippen LogP contribution is -2.38. The largest absolute Gasteiger partial charge is 0.504 e. The molecule has 178 valence electrons. The van der Waals surface area contributed by atoms with Gasteiger partial charge in [0.2, 0.25) is 0 Å². The number of methoxy groups -OCH3 is 1. The fraction of sp³-hybridized carbons (Fsp3) is 0.357. The number of carbonyl (C=O) groups is 2. The number of rotatable bonds is 6. The van der Waals surface area contributed by atoms with Crippen molar-refractivity contribution in [3.8, 4) is 11.5 Å². The van der Waals surface area contributed by atoms with E-state index < -0.39 is 11.9 Å². The molecular weight excluding hydrogens is 430 g/mol. The van der Waals surface area contributed by atoms with E-state index in [0.29, 0.717) is 47.4 Å². The molecule has 2 aromatic carbocycles. The molecule has 0 radical (unpaired) electrons. The molecule has 1 atom stereocenters. The zero-order valence-electron chi connectivity index (χ0n) is 20.1. The van der Waals surface area contributed by atoms with Gasteiger partial charge in [0.15, 0.2) is 17.3 Å².